The molecule has 0 aliphatic heterocycles. The Morgan fingerprint density at radius 1 is 0.531 bits per heavy atom. The molecule has 3 aromatic carbocycles. The molecule has 158 valence electrons. The van der Waals surface area contributed by atoms with Crippen LogP contribution in [0.3, 0.4) is 0 Å². The third kappa shape index (κ3) is 4.71. The van der Waals surface area contributed by atoms with Gasteiger partial charge in [-0.1, -0.05) is 84.2 Å². The Balaban J connectivity index is 1.19. The van der Waals surface area contributed by atoms with E-state index in [0.29, 0.717) is 0 Å². The van der Waals surface area contributed by atoms with Gasteiger partial charge in [-0.15, -0.1) is 10.2 Å². The van der Waals surface area contributed by atoms with Crippen molar-refractivity contribution in [2.45, 2.75) is 21.8 Å². The van der Waals surface area contributed by atoms with Crippen molar-refractivity contribution in [3.8, 4) is 11.4 Å². The Kier molecular flexibility index (Phi) is 6.22. The number of thioether (sulfide) groups is 2. The summed E-state index contributed by atoms with van der Waals surface area (Å²) in [4.78, 5) is 0. The van der Waals surface area contributed by atoms with Crippen molar-refractivity contribution in [3.05, 3.63) is 96.1 Å². The number of para-hydroxylation sites is 2. The first-order valence-corrected chi connectivity index (χ1v) is 11.8. The highest BCUT2D eigenvalue weighted by Gasteiger charge is 2.10. The van der Waals surface area contributed by atoms with Crippen LogP contribution in [0.15, 0.2) is 95.2 Å². The van der Waals surface area contributed by atoms with E-state index in [1.165, 1.54) is 11.1 Å². The van der Waals surface area contributed by atoms with Crippen molar-refractivity contribution in [1.82, 2.24) is 40.4 Å². The van der Waals surface area contributed by atoms with Crippen molar-refractivity contribution in [3.63, 3.8) is 0 Å². The van der Waals surface area contributed by atoms with Crippen LogP contribution in [0.2, 0.25) is 0 Å². The van der Waals surface area contributed by atoms with Gasteiger partial charge in [-0.25, -0.2) is 0 Å². The summed E-state index contributed by atoms with van der Waals surface area (Å²) in [6.07, 6.45) is 0. The zero-order valence-corrected chi connectivity index (χ0v) is 18.5. The summed E-state index contributed by atoms with van der Waals surface area (Å²) in [6, 6.07) is 28.3. The molecule has 0 saturated heterocycles. The van der Waals surface area contributed by atoms with Gasteiger partial charge in [0.25, 0.3) is 0 Å². The van der Waals surface area contributed by atoms with Crippen LogP contribution >= 0.6 is 23.5 Å². The molecular formula is C22H18N8S2. The number of aromatic nitrogens is 8. The number of hydrogen-bond donors (Lipinski definition) is 0. The molecule has 0 aliphatic carbocycles. The lowest BCUT2D eigenvalue weighted by atomic mass is 10.2. The first kappa shape index (κ1) is 20.4. The van der Waals surface area contributed by atoms with Gasteiger partial charge in [0.1, 0.15) is 0 Å². The van der Waals surface area contributed by atoms with Gasteiger partial charge in [0.05, 0.1) is 11.4 Å². The zero-order valence-electron chi connectivity index (χ0n) is 16.9. The second kappa shape index (κ2) is 9.75. The van der Waals surface area contributed by atoms with E-state index in [2.05, 4.69) is 55.3 Å². The Morgan fingerprint density at radius 3 is 1.34 bits per heavy atom. The molecule has 0 radical (unpaired) electrons. The molecule has 0 aliphatic rings. The number of nitrogens with zero attached hydrogens (tertiary/aromatic N) is 8. The van der Waals surface area contributed by atoms with Crippen LogP contribution in [0.4, 0.5) is 0 Å². The minimum absolute atomic E-state index is 0.767. The maximum atomic E-state index is 4.16. The molecule has 0 amide bonds. The third-order valence-electron chi connectivity index (χ3n) is 4.64. The molecule has 0 fully saturated rings. The van der Waals surface area contributed by atoms with Gasteiger partial charge in [-0.05, 0) is 56.2 Å². The number of tetrazole rings is 2. The quantitative estimate of drug-likeness (QED) is 0.319. The lowest BCUT2D eigenvalue weighted by Gasteiger charge is -2.06. The molecule has 0 N–H and O–H groups in total. The van der Waals surface area contributed by atoms with Gasteiger partial charge < -0.3 is 0 Å². The van der Waals surface area contributed by atoms with E-state index in [1.807, 2.05) is 60.7 Å². The van der Waals surface area contributed by atoms with Crippen LogP contribution in [-0.4, -0.2) is 40.4 Å². The summed E-state index contributed by atoms with van der Waals surface area (Å²) in [5, 5.41) is 25.7. The average Bonchev–Trinajstić information content (AvgIpc) is 3.53. The molecule has 5 rings (SSSR count). The van der Waals surface area contributed by atoms with Crippen molar-refractivity contribution in [2.24, 2.45) is 0 Å². The number of benzene rings is 3. The number of rotatable bonds is 8. The summed E-state index contributed by atoms with van der Waals surface area (Å²) in [5.74, 6) is 1.57. The minimum atomic E-state index is 0.767. The largest absolute Gasteiger partial charge is 0.214 e. The van der Waals surface area contributed by atoms with Crippen molar-refractivity contribution < 1.29 is 0 Å². The molecule has 0 spiro atoms. The van der Waals surface area contributed by atoms with E-state index in [0.717, 1.165) is 33.2 Å². The fourth-order valence-corrected chi connectivity index (χ4v) is 4.72. The molecule has 32 heavy (non-hydrogen) atoms. The van der Waals surface area contributed by atoms with E-state index in [1.54, 1.807) is 32.9 Å². The maximum Gasteiger partial charge on any atom is 0.214 e. The molecule has 0 unspecified atom stereocenters. The van der Waals surface area contributed by atoms with Crippen LogP contribution in [0.5, 0.6) is 0 Å². The molecular weight excluding hydrogens is 440 g/mol. The van der Waals surface area contributed by atoms with E-state index in [9.17, 15) is 0 Å². The predicted octanol–water partition coefficient (Wildman–Crippen LogP) is 4.22. The average molecular weight is 459 g/mol. The standard InChI is InChI=1S/C22H18N8S2/c1-3-7-19(8-4-1)29-21(23-25-27-29)31-15-17-11-13-18(14-12-17)16-32-22-24-26-28-30(22)20-9-5-2-6-10-20/h1-14H,15-16H2. The first-order chi connectivity index (χ1) is 15.9. The van der Waals surface area contributed by atoms with Gasteiger partial charge >= 0.3 is 0 Å². The highest BCUT2D eigenvalue weighted by Crippen LogP contribution is 2.25. The molecule has 10 heteroatoms. The summed E-state index contributed by atoms with van der Waals surface area (Å²) < 4.78 is 3.51. The lowest BCUT2D eigenvalue weighted by molar-refractivity contribution is 0.756. The minimum Gasteiger partial charge on any atom is -0.188 e. The van der Waals surface area contributed by atoms with E-state index in [4.69, 9.17) is 0 Å². The second-order valence-corrected chi connectivity index (χ2v) is 8.70. The second-order valence-electron chi connectivity index (χ2n) is 6.81. The highest BCUT2D eigenvalue weighted by atomic mass is 32.2. The maximum absolute atomic E-state index is 4.16. The highest BCUT2D eigenvalue weighted by molar-refractivity contribution is 7.98. The Morgan fingerprint density at radius 2 is 0.938 bits per heavy atom. The molecule has 0 bridgehead atoms. The fourth-order valence-electron chi connectivity index (χ4n) is 3.03. The molecule has 2 heterocycles. The van der Waals surface area contributed by atoms with E-state index in [-0.39, 0.29) is 0 Å². The summed E-state index contributed by atoms with van der Waals surface area (Å²) in [5.41, 5.74) is 4.32. The first-order valence-electron chi connectivity index (χ1n) is 9.88. The normalized spacial score (nSPS) is 11.0. The Hall–Kier alpha value is -3.50. The Bertz CT molecular complexity index is 1170. The van der Waals surface area contributed by atoms with E-state index >= 15 is 0 Å². The Labute approximate surface area is 193 Å². The summed E-state index contributed by atoms with van der Waals surface area (Å²) >= 11 is 3.22. The molecule has 0 atom stereocenters. The van der Waals surface area contributed by atoms with Crippen LogP contribution < -0.4 is 0 Å². The van der Waals surface area contributed by atoms with Gasteiger partial charge in [-0.3, -0.25) is 0 Å². The molecule has 0 saturated carbocycles. The van der Waals surface area contributed by atoms with Crippen LogP contribution in [0, 0.1) is 0 Å². The smallest absolute Gasteiger partial charge is 0.188 e. The van der Waals surface area contributed by atoms with Gasteiger partial charge in [0.15, 0.2) is 0 Å². The van der Waals surface area contributed by atoms with Crippen LogP contribution in [0.1, 0.15) is 11.1 Å². The van der Waals surface area contributed by atoms with Gasteiger partial charge in [-0.2, -0.15) is 9.36 Å². The molecule has 5 aromatic rings. The molecule has 2 aromatic heterocycles. The number of hydrogen-bond acceptors (Lipinski definition) is 8. The predicted molar refractivity (Wildman–Crippen MR) is 124 cm³/mol. The summed E-state index contributed by atoms with van der Waals surface area (Å²) in [6.45, 7) is 0. The van der Waals surface area contributed by atoms with Gasteiger partial charge in [0.2, 0.25) is 10.3 Å². The van der Waals surface area contributed by atoms with Crippen LogP contribution in [-0.2, 0) is 11.5 Å². The SMILES string of the molecule is c1ccc(-n2nnnc2SCc2ccc(CSc3nnnn3-c3ccccc3)cc2)cc1. The fraction of sp³-hybridized carbons (Fsp3) is 0.0909. The van der Waals surface area contributed by atoms with Crippen molar-refractivity contribution in [2.75, 3.05) is 0 Å². The third-order valence-corrected chi connectivity index (χ3v) is 6.62. The van der Waals surface area contributed by atoms with E-state index < -0.39 is 0 Å². The van der Waals surface area contributed by atoms with Gasteiger partial charge in [0, 0.05) is 11.5 Å². The zero-order chi connectivity index (χ0) is 21.6. The summed E-state index contributed by atoms with van der Waals surface area (Å²) in [7, 11) is 0. The topological polar surface area (TPSA) is 87.2 Å². The lowest BCUT2D eigenvalue weighted by Crippen LogP contribution is -1.99. The van der Waals surface area contributed by atoms with Crippen molar-refractivity contribution in [1.29, 1.82) is 0 Å². The van der Waals surface area contributed by atoms with Crippen molar-refractivity contribution >= 4 is 23.5 Å². The molecule has 8 nitrogen and oxygen atoms in total. The van der Waals surface area contributed by atoms with Crippen LogP contribution in [0.25, 0.3) is 11.4 Å². The monoisotopic (exact) mass is 458 g/mol.